The zero-order chi connectivity index (χ0) is 23.3. The quantitative estimate of drug-likeness (QED) is 0.379. The highest BCUT2D eigenvalue weighted by atomic mass is 35.5. The Morgan fingerprint density at radius 3 is 2.09 bits per heavy atom. The van der Waals surface area contributed by atoms with Crippen LogP contribution in [0, 0.1) is 0 Å². The molecule has 0 radical (unpaired) electrons. The molecule has 1 atom stereocenters. The molecule has 0 amide bonds. The van der Waals surface area contributed by atoms with E-state index in [0.29, 0.717) is 5.75 Å². The number of nitrogens with zero attached hydrogens (tertiary/aromatic N) is 2. The molecule has 0 spiro atoms. The Morgan fingerprint density at radius 1 is 0.818 bits per heavy atom. The minimum Gasteiger partial charge on any atom is -0.486 e. The second kappa shape index (κ2) is 10.5. The van der Waals surface area contributed by atoms with Gasteiger partial charge in [-0.2, -0.15) is 13.2 Å². The van der Waals surface area contributed by atoms with E-state index in [2.05, 4.69) is 9.80 Å². The van der Waals surface area contributed by atoms with Gasteiger partial charge in [0.05, 0.1) is 16.3 Å². The van der Waals surface area contributed by atoms with E-state index in [1.165, 1.54) is 12.1 Å². The first-order valence-corrected chi connectivity index (χ1v) is 11.4. The van der Waals surface area contributed by atoms with Crippen LogP contribution in [0.4, 0.5) is 18.9 Å². The molecule has 1 aliphatic heterocycles. The molecular formula is C26H26ClF3N2O. The van der Waals surface area contributed by atoms with Crippen molar-refractivity contribution >= 4 is 17.3 Å². The molecule has 3 nitrogen and oxygen atoms in total. The molecule has 1 saturated heterocycles. The van der Waals surface area contributed by atoms with Gasteiger partial charge in [-0.05, 0) is 42.0 Å². The summed E-state index contributed by atoms with van der Waals surface area (Å²) < 4.78 is 44.8. The van der Waals surface area contributed by atoms with Gasteiger partial charge in [-0.3, -0.25) is 4.90 Å². The highest BCUT2D eigenvalue weighted by Crippen LogP contribution is 2.32. The summed E-state index contributed by atoms with van der Waals surface area (Å²) in [5.74, 6) is 0.431. The second-order valence-electron chi connectivity index (χ2n) is 8.11. The van der Waals surface area contributed by atoms with E-state index in [1.807, 2.05) is 54.6 Å². The third kappa shape index (κ3) is 6.21. The van der Waals surface area contributed by atoms with Gasteiger partial charge >= 0.3 is 6.18 Å². The molecule has 0 saturated carbocycles. The van der Waals surface area contributed by atoms with Crippen molar-refractivity contribution in [3.63, 3.8) is 0 Å². The second-order valence-corrected chi connectivity index (χ2v) is 8.52. The Balaban J connectivity index is 1.37. The van der Waals surface area contributed by atoms with Crippen LogP contribution in [0.3, 0.4) is 0 Å². The fourth-order valence-electron chi connectivity index (χ4n) is 4.07. The number of piperazine rings is 1. The van der Waals surface area contributed by atoms with Gasteiger partial charge in [-0.15, -0.1) is 0 Å². The lowest BCUT2D eigenvalue weighted by molar-refractivity contribution is -0.137. The van der Waals surface area contributed by atoms with E-state index >= 15 is 0 Å². The molecule has 3 aromatic carbocycles. The molecule has 1 aliphatic rings. The Bertz CT molecular complexity index is 1020. The lowest BCUT2D eigenvalue weighted by atomic mass is 10.1. The summed E-state index contributed by atoms with van der Waals surface area (Å²) in [4.78, 5) is 4.69. The molecule has 4 rings (SSSR count). The third-order valence-corrected chi connectivity index (χ3v) is 6.22. The number of benzene rings is 3. The molecule has 33 heavy (non-hydrogen) atoms. The van der Waals surface area contributed by atoms with Crippen LogP contribution in [0.2, 0.25) is 5.02 Å². The molecule has 0 aromatic heterocycles. The van der Waals surface area contributed by atoms with Gasteiger partial charge in [0.15, 0.2) is 0 Å². The first-order chi connectivity index (χ1) is 15.9. The van der Waals surface area contributed by atoms with Crippen LogP contribution in [0.15, 0.2) is 78.9 Å². The maximum Gasteiger partial charge on any atom is 0.416 e. The topological polar surface area (TPSA) is 15.7 Å². The maximum atomic E-state index is 12.9. The van der Waals surface area contributed by atoms with E-state index in [9.17, 15) is 13.2 Å². The third-order valence-electron chi connectivity index (χ3n) is 5.90. The molecule has 3 aromatic rings. The summed E-state index contributed by atoms with van der Waals surface area (Å²) in [6.07, 6.45) is -3.87. The number of hydrogen-bond donors (Lipinski definition) is 0. The molecule has 7 heteroatoms. The van der Waals surface area contributed by atoms with Crippen LogP contribution in [-0.2, 0) is 6.18 Å². The monoisotopic (exact) mass is 474 g/mol. The van der Waals surface area contributed by atoms with Gasteiger partial charge in [0, 0.05) is 39.1 Å². The molecular weight excluding hydrogens is 449 g/mol. The molecule has 1 heterocycles. The highest BCUT2D eigenvalue weighted by molar-refractivity contribution is 6.33. The SMILES string of the molecule is FC(F)(F)c1ccc(OC(CCN2CCN(c3ccccc3Cl)CC2)c2ccccc2)cc1. The Kier molecular flexibility index (Phi) is 7.46. The zero-order valence-electron chi connectivity index (χ0n) is 18.1. The van der Waals surface area contributed by atoms with Crippen LogP contribution in [0.25, 0.3) is 0 Å². The van der Waals surface area contributed by atoms with Crippen molar-refractivity contribution in [1.29, 1.82) is 0 Å². The number of para-hydroxylation sites is 1. The maximum absolute atomic E-state index is 12.9. The minimum atomic E-state index is -4.36. The van der Waals surface area contributed by atoms with Crippen molar-refractivity contribution in [2.75, 3.05) is 37.6 Å². The predicted molar refractivity (Wildman–Crippen MR) is 126 cm³/mol. The molecule has 174 valence electrons. The van der Waals surface area contributed by atoms with Crippen LogP contribution in [0.5, 0.6) is 5.75 Å². The van der Waals surface area contributed by atoms with Gasteiger partial charge in [0.2, 0.25) is 0 Å². The van der Waals surface area contributed by atoms with E-state index < -0.39 is 11.7 Å². The summed E-state index contributed by atoms with van der Waals surface area (Å²) in [6.45, 7) is 4.43. The standard InChI is InChI=1S/C26H26ClF3N2O/c27-23-8-4-5-9-24(23)32-18-16-31(17-19-32)15-14-25(20-6-2-1-3-7-20)33-22-12-10-21(11-13-22)26(28,29)30/h1-13,25H,14-19H2. The van der Waals surface area contributed by atoms with Crippen molar-refractivity contribution in [1.82, 2.24) is 4.90 Å². The van der Waals surface area contributed by atoms with Crippen LogP contribution in [-0.4, -0.2) is 37.6 Å². The molecule has 0 aliphatic carbocycles. The molecule has 1 unspecified atom stereocenters. The van der Waals surface area contributed by atoms with Crippen molar-refractivity contribution in [3.8, 4) is 5.75 Å². The Labute approximate surface area is 197 Å². The van der Waals surface area contributed by atoms with E-state index in [-0.39, 0.29) is 6.10 Å². The first kappa shape index (κ1) is 23.5. The average Bonchev–Trinajstić information content (AvgIpc) is 2.83. The minimum absolute atomic E-state index is 0.246. The number of ether oxygens (including phenoxy) is 1. The number of hydrogen-bond acceptors (Lipinski definition) is 3. The largest absolute Gasteiger partial charge is 0.486 e. The van der Waals surface area contributed by atoms with Crippen molar-refractivity contribution in [2.45, 2.75) is 18.7 Å². The Morgan fingerprint density at radius 2 is 1.45 bits per heavy atom. The van der Waals surface area contributed by atoms with Gasteiger partial charge < -0.3 is 9.64 Å². The number of halogens is 4. The first-order valence-electron chi connectivity index (χ1n) is 11.0. The number of anilines is 1. The summed E-state index contributed by atoms with van der Waals surface area (Å²) in [5, 5.41) is 0.764. The lowest BCUT2D eigenvalue weighted by Crippen LogP contribution is -2.47. The smallest absolute Gasteiger partial charge is 0.416 e. The fraction of sp³-hybridized carbons (Fsp3) is 0.308. The van der Waals surface area contributed by atoms with Crippen LogP contribution < -0.4 is 9.64 Å². The lowest BCUT2D eigenvalue weighted by Gasteiger charge is -2.37. The normalized spacial score (nSPS) is 15.9. The molecule has 0 N–H and O–H groups in total. The van der Waals surface area contributed by atoms with E-state index in [4.69, 9.17) is 16.3 Å². The van der Waals surface area contributed by atoms with E-state index in [0.717, 1.165) is 67.6 Å². The van der Waals surface area contributed by atoms with Gasteiger partial charge in [-0.1, -0.05) is 54.1 Å². The highest BCUT2D eigenvalue weighted by Gasteiger charge is 2.30. The summed E-state index contributed by atoms with van der Waals surface area (Å²) in [7, 11) is 0. The van der Waals surface area contributed by atoms with Gasteiger partial charge in [0.1, 0.15) is 11.9 Å². The molecule has 1 fully saturated rings. The van der Waals surface area contributed by atoms with Crippen molar-refractivity contribution in [2.24, 2.45) is 0 Å². The predicted octanol–water partition coefficient (Wildman–Crippen LogP) is 6.69. The van der Waals surface area contributed by atoms with Gasteiger partial charge in [-0.25, -0.2) is 0 Å². The Hall–Kier alpha value is -2.70. The van der Waals surface area contributed by atoms with E-state index in [1.54, 1.807) is 0 Å². The fourth-order valence-corrected chi connectivity index (χ4v) is 4.32. The number of alkyl halides is 3. The summed E-state index contributed by atoms with van der Waals surface area (Å²) in [5.41, 5.74) is 1.39. The number of rotatable bonds is 7. The summed E-state index contributed by atoms with van der Waals surface area (Å²) >= 11 is 6.34. The van der Waals surface area contributed by atoms with Crippen molar-refractivity contribution in [3.05, 3.63) is 95.0 Å². The average molecular weight is 475 g/mol. The van der Waals surface area contributed by atoms with Crippen molar-refractivity contribution < 1.29 is 17.9 Å². The van der Waals surface area contributed by atoms with Gasteiger partial charge in [0.25, 0.3) is 0 Å². The van der Waals surface area contributed by atoms with Crippen LogP contribution >= 0.6 is 11.6 Å². The zero-order valence-corrected chi connectivity index (χ0v) is 18.9. The molecule has 0 bridgehead atoms. The summed E-state index contributed by atoms with van der Waals surface area (Å²) in [6, 6.07) is 22.6. The van der Waals surface area contributed by atoms with Crippen LogP contribution in [0.1, 0.15) is 23.7 Å².